The Morgan fingerprint density at radius 2 is 2.00 bits per heavy atom. The summed E-state index contributed by atoms with van der Waals surface area (Å²) in [6.07, 6.45) is 5.32. The summed E-state index contributed by atoms with van der Waals surface area (Å²) in [7, 11) is 0. The van der Waals surface area contributed by atoms with Crippen molar-refractivity contribution in [3.05, 3.63) is 29.6 Å². The molecule has 0 unspecified atom stereocenters. The summed E-state index contributed by atoms with van der Waals surface area (Å²) in [5.74, 6) is -0.453. The first-order valence-corrected chi connectivity index (χ1v) is 6.54. The first kappa shape index (κ1) is 13.5. The van der Waals surface area contributed by atoms with E-state index in [0.29, 0.717) is 0 Å². The first-order valence-electron chi connectivity index (χ1n) is 6.54. The van der Waals surface area contributed by atoms with Gasteiger partial charge in [0.1, 0.15) is 5.82 Å². The van der Waals surface area contributed by atoms with E-state index in [2.05, 4.69) is 15.8 Å². The molecule has 0 bridgehead atoms. The average Bonchev–Trinajstić information content (AvgIpc) is 2.42. The second kappa shape index (κ2) is 6.31. The van der Waals surface area contributed by atoms with Crippen LogP contribution in [0, 0.1) is 12.7 Å². The van der Waals surface area contributed by atoms with Crippen LogP contribution in [-0.2, 0) is 0 Å². The number of rotatable bonds is 2. The molecule has 1 saturated carbocycles. The lowest BCUT2D eigenvalue weighted by Gasteiger charge is -2.12. The lowest BCUT2D eigenvalue weighted by atomic mass is 9.99. The van der Waals surface area contributed by atoms with Crippen LogP contribution >= 0.6 is 0 Å². The van der Waals surface area contributed by atoms with Crippen LogP contribution in [0.4, 0.5) is 14.9 Å². The van der Waals surface area contributed by atoms with Gasteiger partial charge >= 0.3 is 6.03 Å². The molecule has 1 fully saturated rings. The zero-order valence-electron chi connectivity index (χ0n) is 11.0. The first-order chi connectivity index (χ1) is 9.15. The van der Waals surface area contributed by atoms with Crippen LogP contribution in [0.25, 0.3) is 0 Å². The van der Waals surface area contributed by atoms with Gasteiger partial charge in [-0.1, -0.05) is 12.5 Å². The van der Waals surface area contributed by atoms with Crippen molar-refractivity contribution in [3.8, 4) is 0 Å². The fraction of sp³-hybridized carbons (Fsp3) is 0.429. The predicted molar refractivity (Wildman–Crippen MR) is 73.8 cm³/mol. The third kappa shape index (κ3) is 4.05. The summed E-state index contributed by atoms with van der Waals surface area (Å²) >= 11 is 0. The van der Waals surface area contributed by atoms with E-state index in [1.54, 1.807) is 12.1 Å². The van der Waals surface area contributed by atoms with Gasteiger partial charge in [0, 0.05) is 5.71 Å². The summed E-state index contributed by atoms with van der Waals surface area (Å²) in [4.78, 5) is 11.6. The van der Waals surface area contributed by atoms with Crippen molar-refractivity contribution in [1.29, 1.82) is 0 Å². The van der Waals surface area contributed by atoms with Crippen molar-refractivity contribution in [1.82, 2.24) is 5.43 Å². The summed E-state index contributed by atoms with van der Waals surface area (Å²) in [6.45, 7) is 1.84. The predicted octanol–water partition coefficient (Wildman–Crippen LogP) is 3.58. The highest BCUT2D eigenvalue weighted by Gasteiger charge is 2.09. The minimum absolute atomic E-state index is 0.168. The minimum atomic E-state index is -0.512. The molecule has 1 aliphatic carbocycles. The zero-order valence-corrected chi connectivity index (χ0v) is 11.0. The molecule has 1 aliphatic rings. The Hall–Kier alpha value is -1.91. The van der Waals surface area contributed by atoms with E-state index in [4.69, 9.17) is 0 Å². The number of hydrazone groups is 1. The van der Waals surface area contributed by atoms with Crippen molar-refractivity contribution < 1.29 is 9.18 Å². The quantitative estimate of drug-likeness (QED) is 0.787. The molecule has 1 aromatic carbocycles. The molecule has 0 aliphatic heterocycles. The van der Waals surface area contributed by atoms with Gasteiger partial charge in [-0.15, -0.1) is 0 Å². The second-order valence-corrected chi connectivity index (χ2v) is 4.79. The summed E-state index contributed by atoms with van der Waals surface area (Å²) in [5.41, 5.74) is 4.48. The Kier molecular flexibility index (Phi) is 4.49. The van der Waals surface area contributed by atoms with E-state index < -0.39 is 11.8 Å². The van der Waals surface area contributed by atoms with Crippen LogP contribution in [-0.4, -0.2) is 11.7 Å². The Morgan fingerprint density at radius 3 is 2.74 bits per heavy atom. The maximum absolute atomic E-state index is 13.4. The monoisotopic (exact) mass is 263 g/mol. The highest BCUT2D eigenvalue weighted by molar-refractivity contribution is 5.91. The molecule has 0 aromatic heterocycles. The van der Waals surface area contributed by atoms with E-state index in [1.807, 2.05) is 6.92 Å². The van der Waals surface area contributed by atoms with Gasteiger partial charge in [0.2, 0.25) is 0 Å². The average molecular weight is 263 g/mol. The van der Waals surface area contributed by atoms with Crippen molar-refractivity contribution >= 4 is 17.4 Å². The molecule has 0 spiro atoms. The minimum Gasteiger partial charge on any atom is -0.304 e. The lowest BCUT2D eigenvalue weighted by Crippen LogP contribution is -2.26. The van der Waals surface area contributed by atoms with Crippen LogP contribution in [0.1, 0.15) is 37.7 Å². The number of amides is 2. The molecule has 2 rings (SSSR count). The van der Waals surface area contributed by atoms with Gasteiger partial charge in [-0.3, -0.25) is 0 Å². The van der Waals surface area contributed by atoms with Crippen LogP contribution < -0.4 is 10.7 Å². The largest absolute Gasteiger partial charge is 0.339 e. The van der Waals surface area contributed by atoms with E-state index in [1.165, 1.54) is 12.5 Å². The molecule has 0 radical (unpaired) electrons. The number of aryl methyl sites for hydroxylation is 1. The van der Waals surface area contributed by atoms with Crippen LogP contribution in [0.5, 0.6) is 0 Å². The number of carbonyl (C=O) groups excluding carboxylic acids is 1. The van der Waals surface area contributed by atoms with Crippen molar-refractivity contribution in [2.75, 3.05) is 5.32 Å². The standard InChI is InChI=1S/C14H18FN3O/c1-10-7-8-12(15)13(9-10)16-14(19)18-17-11-5-3-2-4-6-11/h7-9H,2-6H2,1H3,(H2,16,18,19). The smallest absolute Gasteiger partial charge is 0.304 e. The number of urea groups is 1. The van der Waals surface area contributed by atoms with Gasteiger partial charge in [-0.05, 0) is 50.3 Å². The van der Waals surface area contributed by atoms with Gasteiger partial charge in [-0.25, -0.2) is 14.6 Å². The number of benzene rings is 1. The number of hydrogen-bond donors (Lipinski definition) is 2. The van der Waals surface area contributed by atoms with Gasteiger partial charge in [0.15, 0.2) is 0 Å². The van der Waals surface area contributed by atoms with E-state index in [0.717, 1.165) is 37.0 Å². The fourth-order valence-corrected chi connectivity index (χ4v) is 2.09. The van der Waals surface area contributed by atoms with E-state index in [-0.39, 0.29) is 5.69 Å². The normalized spacial score (nSPS) is 14.9. The zero-order chi connectivity index (χ0) is 13.7. The maximum Gasteiger partial charge on any atom is 0.339 e. The summed E-state index contributed by atoms with van der Waals surface area (Å²) in [6, 6.07) is 4.06. The molecule has 2 N–H and O–H groups in total. The maximum atomic E-state index is 13.4. The van der Waals surface area contributed by atoms with Crippen molar-refractivity contribution in [3.63, 3.8) is 0 Å². The third-order valence-corrected chi connectivity index (χ3v) is 3.12. The Morgan fingerprint density at radius 1 is 1.26 bits per heavy atom. The van der Waals surface area contributed by atoms with Gasteiger partial charge in [0.05, 0.1) is 5.69 Å². The van der Waals surface area contributed by atoms with Crippen molar-refractivity contribution in [2.24, 2.45) is 5.10 Å². The molecule has 0 saturated heterocycles. The Labute approximate surface area is 112 Å². The van der Waals surface area contributed by atoms with Gasteiger partial charge < -0.3 is 5.32 Å². The summed E-state index contributed by atoms with van der Waals surface area (Å²) in [5, 5.41) is 6.52. The molecule has 102 valence electrons. The molecule has 19 heavy (non-hydrogen) atoms. The molecular weight excluding hydrogens is 245 g/mol. The van der Waals surface area contributed by atoms with E-state index in [9.17, 15) is 9.18 Å². The van der Waals surface area contributed by atoms with Crippen LogP contribution in [0.3, 0.4) is 0 Å². The number of nitrogens with one attached hydrogen (secondary N) is 2. The highest BCUT2D eigenvalue weighted by atomic mass is 19.1. The molecule has 4 nitrogen and oxygen atoms in total. The van der Waals surface area contributed by atoms with Gasteiger partial charge in [0.25, 0.3) is 0 Å². The molecule has 5 heteroatoms. The second-order valence-electron chi connectivity index (χ2n) is 4.79. The van der Waals surface area contributed by atoms with Crippen LogP contribution in [0.2, 0.25) is 0 Å². The summed E-state index contributed by atoms with van der Waals surface area (Å²) < 4.78 is 13.4. The molecule has 1 aromatic rings. The Balaban J connectivity index is 1.92. The SMILES string of the molecule is Cc1ccc(F)c(NC(=O)NN=C2CCCCC2)c1. The van der Waals surface area contributed by atoms with E-state index >= 15 is 0 Å². The third-order valence-electron chi connectivity index (χ3n) is 3.12. The molecule has 0 atom stereocenters. The number of nitrogens with zero attached hydrogens (tertiary/aromatic N) is 1. The molecular formula is C14H18FN3O. The van der Waals surface area contributed by atoms with Gasteiger partial charge in [-0.2, -0.15) is 5.10 Å². The van der Waals surface area contributed by atoms with Crippen LogP contribution in [0.15, 0.2) is 23.3 Å². The van der Waals surface area contributed by atoms with Crippen molar-refractivity contribution in [2.45, 2.75) is 39.0 Å². The Bertz CT molecular complexity index is 491. The highest BCUT2D eigenvalue weighted by Crippen LogP contribution is 2.16. The lowest BCUT2D eigenvalue weighted by molar-refractivity contribution is 0.252. The number of carbonyl (C=O) groups is 1. The fourth-order valence-electron chi connectivity index (χ4n) is 2.09. The number of anilines is 1. The topological polar surface area (TPSA) is 53.5 Å². The molecule has 0 heterocycles. The number of hydrogen-bond acceptors (Lipinski definition) is 2. The molecule has 2 amide bonds. The number of halogens is 1.